The average molecular weight is 357 g/mol. The van der Waals surface area contributed by atoms with E-state index in [1.165, 1.54) is 18.6 Å². The zero-order chi connectivity index (χ0) is 18.4. The van der Waals surface area contributed by atoms with Crippen LogP contribution in [0.1, 0.15) is 36.0 Å². The summed E-state index contributed by atoms with van der Waals surface area (Å²) in [5.74, 6) is -0.269. The Kier molecular flexibility index (Phi) is 5.83. The summed E-state index contributed by atoms with van der Waals surface area (Å²) in [7, 11) is 0. The van der Waals surface area contributed by atoms with Crippen molar-refractivity contribution in [1.29, 1.82) is 0 Å². The first-order valence-corrected chi connectivity index (χ1v) is 8.94. The minimum absolute atomic E-state index is 0.0625. The lowest BCUT2D eigenvalue weighted by atomic mass is 10.1. The van der Waals surface area contributed by atoms with Crippen molar-refractivity contribution >= 4 is 17.3 Å². The van der Waals surface area contributed by atoms with Gasteiger partial charge in [-0.25, -0.2) is 0 Å². The number of carbonyl (C=O) groups is 1. The van der Waals surface area contributed by atoms with E-state index in [-0.39, 0.29) is 11.6 Å². The lowest BCUT2D eigenvalue weighted by Gasteiger charge is -2.30. The number of aromatic nitrogens is 2. The fourth-order valence-corrected chi connectivity index (χ4v) is 3.20. The van der Waals surface area contributed by atoms with Gasteiger partial charge in [0.05, 0.1) is 16.2 Å². The maximum absolute atomic E-state index is 12.7. The highest BCUT2D eigenvalue weighted by molar-refractivity contribution is 6.00. The van der Waals surface area contributed by atoms with Crippen molar-refractivity contribution in [2.75, 3.05) is 24.5 Å². The topological polar surface area (TPSA) is 93.3 Å². The van der Waals surface area contributed by atoms with Gasteiger partial charge in [0.15, 0.2) is 0 Å². The van der Waals surface area contributed by atoms with Crippen molar-refractivity contribution < 1.29 is 9.72 Å². The van der Waals surface area contributed by atoms with Crippen LogP contribution >= 0.6 is 0 Å². The molecule has 1 amide bonds. The standard InChI is InChI=1S/C18H23N5O3/c24-18(19-8-4-12-22-13-5-9-20-22)16-14-15(23(25)26)6-7-17(16)21-10-2-1-3-11-21/h5-7,9,13-14H,1-4,8,10-12H2,(H,19,24). The molecule has 0 radical (unpaired) electrons. The number of nitro benzene ring substituents is 1. The highest BCUT2D eigenvalue weighted by Crippen LogP contribution is 2.28. The number of carbonyl (C=O) groups excluding carboxylic acids is 1. The van der Waals surface area contributed by atoms with Crippen molar-refractivity contribution in [3.8, 4) is 0 Å². The lowest BCUT2D eigenvalue weighted by molar-refractivity contribution is -0.384. The summed E-state index contributed by atoms with van der Waals surface area (Å²) < 4.78 is 1.80. The Bertz CT molecular complexity index is 754. The van der Waals surface area contributed by atoms with Crippen LogP contribution in [-0.4, -0.2) is 40.2 Å². The highest BCUT2D eigenvalue weighted by Gasteiger charge is 2.21. The van der Waals surface area contributed by atoms with E-state index in [0.717, 1.165) is 38.0 Å². The molecule has 1 aromatic heterocycles. The SMILES string of the molecule is O=C(NCCCn1cccn1)c1cc([N+](=O)[O-])ccc1N1CCCCC1. The number of hydrogen-bond donors (Lipinski definition) is 1. The quantitative estimate of drug-likeness (QED) is 0.467. The minimum Gasteiger partial charge on any atom is -0.371 e. The van der Waals surface area contributed by atoms with Gasteiger partial charge in [0.1, 0.15) is 0 Å². The van der Waals surface area contributed by atoms with E-state index < -0.39 is 4.92 Å². The van der Waals surface area contributed by atoms with Crippen LogP contribution in [0.4, 0.5) is 11.4 Å². The van der Waals surface area contributed by atoms with Gasteiger partial charge in [-0.2, -0.15) is 5.10 Å². The largest absolute Gasteiger partial charge is 0.371 e. The Balaban J connectivity index is 1.69. The van der Waals surface area contributed by atoms with Crippen molar-refractivity contribution in [1.82, 2.24) is 15.1 Å². The van der Waals surface area contributed by atoms with E-state index in [9.17, 15) is 14.9 Å². The number of nitrogens with zero attached hydrogens (tertiary/aromatic N) is 4. The van der Waals surface area contributed by atoms with Crippen LogP contribution in [0.5, 0.6) is 0 Å². The van der Waals surface area contributed by atoms with Crippen molar-refractivity contribution in [3.63, 3.8) is 0 Å². The zero-order valence-electron chi connectivity index (χ0n) is 14.6. The Morgan fingerprint density at radius 3 is 2.77 bits per heavy atom. The monoisotopic (exact) mass is 357 g/mol. The first-order chi connectivity index (χ1) is 12.6. The smallest absolute Gasteiger partial charge is 0.270 e. The molecular formula is C18H23N5O3. The van der Waals surface area contributed by atoms with Crippen LogP contribution < -0.4 is 10.2 Å². The number of nitro groups is 1. The molecule has 1 aromatic carbocycles. The first kappa shape index (κ1) is 17.9. The van der Waals surface area contributed by atoms with Gasteiger partial charge in [0.25, 0.3) is 11.6 Å². The van der Waals surface area contributed by atoms with Gasteiger partial charge in [-0.3, -0.25) is 19.6 Å². The van der Waals surface area contributed by atoms with Gasteiger partial charge >= 0.3 is 0 Å². The van der Waals surface area contributed by atoms with E-state index in [4.69, 9.17) is 0 Å². The average Bonchev–Trinajstić information content (AvgIpc) is 3.18. The molecule has 1 aliphatic heterocycles. The molecule has 0 unspecified atom stereocenters. The Morgan fingerprint density at radius 1 is 1.27 bits per heavy atom. The number of aryl methyl sites for hydroxylation is 1. The van der Waals surface area contributed by atoms with Crippen LogP contribution in [-0.2, 0) is 6.54 Å². The molecule has 0 saturated carbocycles. The fourth-order valence-electron chi connectivity index (χ4n) is 3.20. The minimum atomic E-state index is -0.464. The molecule has 138 valence electrons. The molecular weight excluding hydrogens is 334 g/mol. The predicted molar refractivity (Wildman–Crippen MR) is 98.3 cm³/mol. The summed E-state index contributed by atoms with van der Waals surface area (Å²) in [6, 6.07) is 6.40. The number of amides is 1. The molecule has 1 fully saturated rings. The van der Waals surface area contributed by atoms with Gasteiger partial charge in [0, 0.05) is 50.7 Å². The molecule has 8 nitrogen and oxygen atoms in total. The van der Waals surface area contributed by atoms with Gasteiger partial charge < -0.3 is 10.2 Å². The second-order valence-electron chi connectivity index (χ2n) is 6.38. The molecule has 2 heterocycles. The number of benzene rings is 1. The van der Waals surface area contributed by atoms with Gasteiger partial charge in [-0.1, -0.05) is 0 Å². The van der Waals surface area contributed by atoms with Gasteiger partial charge in [-0.15, -0.1) is 0 Å². The zero-order valence-corrected chi connectivity index (χ0v) is 14.6. The number of hydrogen-bond acceptors (Lipinski definition) is 5. The molecule has 0 spiro atoms. The summed E-state index contributed by atoms with van der Waals surface area (Å²) in [5, 5.41) is 18.1. The number of rotatable bonds is 7. The Morgan fingerprint density at radius 2 is 2.08 bits per heavy atom. The maximum Gasteiger partial charge on any atom is 0.270 e. The van der Waals surface area contributed by atoms with Crippen molar-refractivity contribution in [2.45, 2.75) is 32.2 Å². The van der Waals surface area contributed by atoms with Crippen LogP contribution in [0.2, 0.25) is 0 Å². The summed E-state index contributed by atoms with van der Waals surface area (Å²) in [5.41, 5.74) is 1.09. The number of nitrogens with one attached hydrogen (secondary N) is 1. The summed E-state index contributed by atoms with van der Waals surface area (Å²) in [4.78, 5) is 25.4. The van der Waals surface area contributed by atoms with Crippen LogP contribution in [0.15, 0.2) is 36.7 Å². The van der Waals surface area contributed by atoms with E-state index in [0.29, 0.717) is 18.7 Å². The molecule has 3 rings (SSSR count). The first-order valence-electron chi connectivity index (χ1n) is 8.94. The third-order valence-corrected chi connectivity index (χ3v) is 4.54. The van der Waals surface area contributed by atoms with Gasteiger partial charge in [0.2, 0.25) is 0 Å². The predicted octanol–water partition coefficient (Wildman–Crippen LogP) is 2.60. The third-order valence-electron chi connectivity index (χ3n) is 4.54. The molecule has 0 bridgehead atoms. The maximum atomic E-state index is 12.7. The van der Waals surface area contributed by atoms with Crippen LogP contribution in [0.3, 0.4) is 0 Å². The summed E-state index contributed by atoms with van der Waals surface area (Å²) >= 11 is 0. The summed E-state index contributed by atoms with van der Waals surface area (Å²) in [6.45, 7) is 2.94. The van der Waals surface area contributed by atoms with E-state index >= 15 is 0 Å². The van der Waals surface area contributed by atoms with Gasteiger partial charge in [-0.05, 0) is 37.8 Å². The molecule has 1 saturated heterocycles. The molecule has 0 atom stereocenters. The second-order valence-corrected chi connectivity index (χ2v) is 6.38. The van der Waals surface area contributed by atoms with Crippen molar-refractivity contribution in [3.05, 3.63) is 52.3 Å². The number of piperidine rings is 1. The molecule has 8 heteroatoms. The van der Waals surface area contributed by atoms with Crippen LogP contribution in [0.25, 0.3) is 0 Å². The van der Waals surface area contributed by atoms with Crippen molar-refractivity contribution in [2.24, 2.45) is 0 Å². The van der Waals surface area contributed by atoms with E-state index in [1.807, 2.05) is 12.3 Å². The number of non-ortho nitro benzene ring substituents is 1. The molecule has 26 heavy (non-hydrogen) atoms. The lowest BCUT2D eigenvalue weighted by Crippen LogP contribution is -2.33. The Hall–Kier alpha value is -2.90. The fraction of sp³-hybridized carbons (Fsp3) is 0.444. The Labute approximate surface area is 151 Å². The summed E-state index contributed by atoms with van der Waals surface area (Å²) in [6.07, 6.45) is 7.65. The van der Waals surface area contributed by atoms with E-state index in [1.54, 1.807) is 16.9 Å². The molecule has 2 aromatic rings. The van der Waals surface area contributed by atoms with Crippen LogP contribution in [0, 0.1) is 10.1 Å². The highest BCUT2D eigenvalue weighted by atomic mass is 16.6. The third kappa shape index (κ3) is 4.38. The normalized spacial score (nSPS) is 14.2. The molecule has 1 N–H and O–H groups in total. The number of anilines is 1. The molecule has 0 aliphatic carbocycles. The molecule has 1 aliphatic rings. The second kappa shape index (κ2) is 8.46. The van der Waals surface area contributed by atoms with E-state index in [2.05, 4.69) is 15.3 Å².